The lowest BCUT2D eigenvalue weighted by Gasteiger charge is -2.29. The van der Waals surface area contributed by atoms with Crippen LogP contribution in [0.15, 0.2) is 224 Å². The monoisotopic (exact) mass is 755 g/mol. The fourth-order valence-corrected chi connectivity index (χ4v) is 9.79. The molecule has 10 aromatic carbocycles. The second-order valence-corrected chi connectivity index (χ2v) is 16.0. The van der Waals surface area contributed by atoms with E-state index in [9.17, 15) is 0 Å². The molecular formula is C56H37NS. The maximum absolute atomic E-state index is 2.44. The zero-order chi connectivity index (χ0) is 38.4. The number of hydrogen-bond acceptors (Lipinski definition) is 2. The lowest BCUT2D eigenvalue weighted by atomic mass is 9.95. The predicted molar refractivity (Wildman–Crippen MR) is 251 cm³/mol. The van der Waals surface area contributed by atoms with Crippen LogP contribution in [-0.2, 0) is 0 Å². The molecule has 11 aromatic rings. The Bertz CT molecular complexity index is 3290. The van der Waals surface area contributed by atoms with Gasteiger partial charge in [0.15, 0.2) is 0 Å². The van der Waals surface area contributed by atoms with E-state index in [0.29, 0.717) is 0 Å². The minimum absolute atomic E-state index is 1.10. The number of benzene rings is 10. The van der Waals surface area contributed by atoms with Crippen molar-refractivity contribution in [3.05, 3.63) is 224 Å². The minimum atomic E-state index is 1.10. The van der Waals surface area contributed by atoms with E-state index in [-0.39, 0.29) is 0 Å². The molecule has 0 aliphatic rings. The Morgan fingerprint density at radius 2 is 0.862 bits per heavy atom. The molecule has 11 rings (SSSR count). The normalized spacial score (nSPS) is 11.4. The molecule has 0 saturated heterocycles. The molecule has 0 aliphatic heterocycles. The summed E-state index contributed by atoms with van der Waals surface area (Å²) in [6.45, 7) is 0. The van der Waals surface area contributed by atoms with Crippen molar-refractivity contribution in [1.29, 1.82) is 0 Å². The van der Waals surface area contributed by atoms with Crippen molar-refractivity contribution in [3.63, 3.8) is 0 Å². The van der Waals surface area contributed by atoms with Crippen LogP contribution >= 0.6 is 11.3 Å². The summed E-state index contributed by atoms with van der Waals surface area (Å²) in [5.74, 6) is 0. The van der Waals surface area contributed by atoms with E-state index in [1.54, 1.807) is 0 Å². The van der Waals surface area contributed by atoms with Crippen LogP contribution in [0.4, 0.5) is 17.1 Å². The molecule has 1 nitrogen and oxygen atoms in total. The maximum Gasteiger partial charge on any atom is 0.0540 e. The predicted octanol–water partition coefficient (Wildman–Crippen LogP) is 16.5. The number of fused-ring (bicyclic) bond motifs is 5. The highest BCUT2D eigenvalue weighted by molar-refractivity contribution is 7.25. The van der Waals surface area contributed by atoms with Crippen molar-refractivity contribution in [2.45, 2.75) is 0 Å². The van der Waals surface area contributed by atoms with Crippen LogP contribution < -0.4 is 4.90 Å². The highest BCUT2D eigenvalue weighted by atomic mass is 32.1. The number of para-hydroxylation sites is 1. The summed E-state index contributed by atoms with van der Waals surface area (Å²) in [6, 6.07) is 82.0. The zero-order valence-electron chi connectivity index (χ0n) is 31.7. The van der Waals surface area contributed by atoms with Crippen LogP contribution in [0.25, 0.3) is 86.2 Å². The quantitative estimate of drug-likeness (QED) is 0.157. The Balaban J connectivity index is 1.07. The van der Waals surface area contributed by atoms with Crippen LogP contribution in [0.3, 0.4) is 0 Å². The number of rotatable bonds is 7. The van der Waals surface area contributed by atoms with Gasteiger partial charge in [-0.25, -0.2) is 0 Å². The SMILES string of the molecule is c1cc(-c2cccc(N(c3ccc(-c4cccc5ccccc45)cc3)c3ccccc3-c3cccc4sc5ccccc5c34)c2)cc(-c2ccc3ccccc3c2)c1. The second kappa shape index (κ2) is 14.4. The summed E-state index contributed by atoms with van der Waals surface area (Å²) in [4.78, 5) is 2.44. The first kappa shape index (κ1) is 34.0. The molecule has 0 unspecified atom stereocenters. The molecule has 2 heteroatoms. The van der Waals surface area contributed by atoms with E-state index in [1.807, 2.05) is 11.3 Å². The number of nitrogens with zero attached hydrogens (tertiary/aromatic N) is 1. The van der Waals surface area contributed by atoms with Gasteiger partial charge < -0.3 is 4.90 Å². The van der Waals surface area contributed by atoms with E-state index in [4.69, 9.17) is 0 Å². The molecule has 1 heterocycles. The third-order valence-electron chi connectivity index (χ3n) is 11.4. The molecule has 0 saturated carbocycles. The van der Waals surface area contributed by atoms with Gasteiger partial charge >= 0.3 is 0 Å². The molecule has 0 bridgehead atoms. The Morgan fingerprint density at radius 3 is 1.72 bits per heavy atom. The minimum Gasteiger partial charge on any atom is -0.310 e. The number of hydrogen-bond donors (Lipinski definition) is 0. The molecule has 272 valence electrons. The summed E-state index contributed by atoms with van der Waals surface area (Å²) < 4.78 is 2.61. The molecule has 0 amide bonds. The first-order chi connectivity index (χ1) is 28.7. The number of anilines is 3. The van der Waals surface area contributed by atoms with Gasteiger partial charge in [-0.1, -0.05) is 170 Å². The topological polar surface area (TPSA) is 3.24 Å². The van der Waals surface area contributed by atoms with Gasteiger partial charge in [0.1, 0.15) is 0 Å². The Labute approximate surface area is 342 Å². The highest BCUT2D eigenvalue weighted by Crippen LogP contribution is 2.47. The average Bonchev–Trinajstić information content (AvgIpc) is 3.69. The molecule has 0 atom stereocenters. The summed E-state index contributed by atoms with van der Waals surface area (Å²) in [5, 5.41) is 7.61. The molecular weight excluding hydrogens is 719 g/mol. The summed E-state index contributed by atoms with van der Waals surface area (Å²) >= 11 is 1.86. The summed E-state index contributed by atoms with van der Waals surface area (Å²) in [6.07, 6.45) is 0. The molecule has 0 aliphatic carbocycles. The smallest absolute Gasteiger partial charge is 0.0540 e. The fourth-order valence-electron chi connectivity index (χ4n) is 8.66. The lowest BCUT2D eigenvalue weighted by molar-refractivity contribution is 1.28. The van der Waals surface area contributed by atoms with Crippen molar-refractivity contribution in [3.8, 4) is 44.5 Å². The van der Waals surface area contributed by atoms with Gasteiger partial charge in [-0.2, -0.15) is 0 Å². The second-order valence-electron chi connectivity index (χ2n) is 14.9. The van der Waals surface area contributed by atoms with Crippen molar-refractivity contribution < 1.29 is 0 Å². The highest BCUT2D eigenvalue weighted by Gasteiger charge is 2.20. The van der Waals surface area contributed by atoms with Crippen molar-refractivity contribution in [1.82, 2.24) is 0 Å². The van der Waals surface area contributed by atoms with Crippen molar-refractivity contribution in [2.75, 3.05) is 4.90 Å². The molecule has 0 spiro atoms. The first-order valence-electron chi connectivity index (χ1n) is 19.8. The van der Waals surface area contributed by atoms with Gasteiger partial charge in [-0.3, -0.25) is 0 Å². The van der Waals surface area contributed by atoms with Gasteiger partial charge in [-0.15, -0.1) is 11.3 Å². The van der Waals surface area contributed by atoms with Gasteiger partial charge in [-0.05, 0) is 115 Å². The maximum atomic E-state index is 2.44. The lowest BCUT2D eigenvalue weighted by Crippen LogP contribution is -2.11. The van der Waals surface area contributed by atoms with Gasteiger partial charge in [0.05, 0.1) is 5.69 Å². The first-order valence-corrected chi connectivity index (χ1v) is 20.6. The van der Waals surface area contributed by atoms with Crippen LogP contribution in [0, 0.1) is 0 Å². The molecule has 0 fully saturated rings. The van der Waals surface area contributed by atoms with Crippen LogP contribution in [0.1, 0.15) is 0 Å². The standard InChI is InChI=1S/C56H37NS/c1-2-15-41-35-45(30-29-38(41)13-1)43-18-9-17-42(36-43)44-19-10-20-47(37-44)57(46-33-31-40(32-34-46)49-24-11-16-39-14-3-4-21-48(39)49)53-26-7-5-22-50(53)51-25-12-28-55-56(51)52-23-6-8-27-54(52)58-55/h1-37H. The fraction of sp³-hybridized carbons (Fsp3) is 0. The van der Waals surface area contributed by atoms with Crippen molar-refractivity contribution >= 4 is 70.1 Å². The Morgan fingerprint density at radius 1 is 0.293 bits per heavy atom. The van der Waals surface area contributed by atoms with Gasteiger partial charge in [0, 0.05) is 37.1 Å². The van der Waals surface area contributed by atoms with Crippen LogP contribution in [-0.4, -0.2) is 0 Å². The Hall–Kier alpha value is -7.26. The van der Waals surface area contributed by atoms with Crippen LogP contribution in [0.5, 0.6) is 0 Å². The molecule has 0 N–H and O–H groups in total. The van der Waals surface area contributed by atoms with Gasteiger partial charge in [0.25, 0.3) is 0 Å². The van der Waals surface area contributed by atoms with E-state index in [1.165, 1.54) is 86.2 Å². The van der Waals surface area contributed by atoms with E-state index in [2.05, 4.69) is 229 Å². The van der Waals surface area contributed by atoms with E-state index in [0.717, 1.165) is 17.1 Å². The molecule has 1 aromatic heterocycles. The third-order valence-corrected chi connectivity index (χ3v) is 12.6. The van der Waals surface area contributed by atoms with E-state index >= 15 is 0 Å². The summed E-state index contributed by atoms with van der Waals surface area (Å²) in [7, 11) is 0. The largest absolute Gasteiger partial charge is 0.310 e. The summed E-state index contributed by atoms with van der Waals surface area (Å²) in [5.41, 5.74) is 13.0. The zero-order valence-corrected chi connectivity index (χ0v) is 32.5. The third kappa shape index (κ3) is 6.03. The van der Waals surface area contributed by atoms with Crippen LogP contribution in [0.2, 0.25) is 0 Å². The molecule has 58 heavy (non-hydrogen) atoms. The van der Waals surface area contributed by atoms with E-state index < -0.39 is 0 Å². The van der Waals surface area contributed by atoms with Crippen molar-refractivity contribution in [2.24, 2.45) is 0 Å². The number of thiophene rings is 1. The van der Waals surface area contributed by atoms with Gasteiger partial charge in [0.2, 0.25) is 0 Å². The molecule has 0 radical (unpaired) electrons. The Kier molecular flexibility index (Phi) is 8.42. The average molecular weight is 756 g/mol.